The fourth-order valence-corrected chi connectivity index (χ4v) is 9.73. The second-order valence-corrected chi connectivity index (χ2v) is 12.7. The van der Waals surface area contributed by atoms with E-state index in [1.54, 1.807) is 0 Å². The Hall–Kier alpha value is -0.650. The number of aliphatic hydroxyl groups excluding tert-OH is 3. The van der Waals surface area contributed by atoms with Crippen molar-refractivity contribution in [2.75, 3.05) is 0 Å². The first-order valence-corrected chi connectivity index (χ1v) is 13.3. The van der Waals surface area contributed by atoms with Crippen molar-refractivity contribution in [3.63, 3.8) is 0 Å². The summed E-state index contributed by atoms with van der Waals surface area (Å²) in [6.45, 7) is 11.0. The molecule has 184 valence electrons. The molecule has 0 aliphatic heterocycles. The lowest BCUT2D eigenvalue weighted by Gasteiger charge is -2.65. The standard InChI is InChI=1S/C27H47NO4/c1-6-17-20-12-16(29)9-10-26(20,4)21-13-22(30)27(5)18(14(2)11-15(3)25(28)32)7-8-19(27)23(21)24(17)31/h14-24,29-31H,6-13H2,1-5H3,(H2,28,32)/t14-,15+,16-,17-,18-,19?,20+,21?,22+,23?,24-,26+,27-/m1/s1. The molecule has 4 rings (SSSR count). The van der Waals surface area contributed by atoms with E-state index in [0.717, 1.165) is 51.4 Å². The van der Waals surface area contributed by atoms with E-state index in [-0.39, 0.29) is 52.8 Å². The molecular formula is C27H47NO4. The Kier molecular flexibility index (Phi) is 6.53. The molecule has 0 bridgehead atoms. The molecule has 0 heterocycles. The molecule has 1 amide bonds. The number of amides is 1. The minimum atomic E-state index is -0.387. The van der Waals surface area contributed by atoms with Crippen LogP contribution in [0.25, 0.3) is 0 Å². The van der Waals surface area contributed by atoms with Gasteiger partial charge in [0.25, 0.3) is 0 Å². The minimum absolute atomic E-state index is 0.0797. The quantitative estimate of drug-likeness (QED) is 0.513. The molecule has 3 unspecified atom stereocenters. The largest absolute Gasteiger partial charge is 0.393 e. The van der Waals surface area contributed by atoms with Gasteiger partial charge in [-0.05, 0) is 97.2 Å². The predicted molar refractivity (Wildman–Crippen MR) is 125 cm³/mol. The average Bonchev–Trinajstić information content (AvgIpc) is 3.09. The molecule has 0 radical (unpaired) electrons. The number of carbonyl (C=O) groups is 1. The molecule has 5 heteroatoms. The third kappa shape index (κ3) is 3.48. The second kappa shape index (κ2) is 8.53. The van der Waals surface area contributed by atoms with Crippen LogP contribution in [0.15, 0.2) is 0 Å². The van der Waals surface area contributed by atoms with Gasteiger partial charge in [0, 0.05) is 5.92 Å². The number of hydrogen-bond donors (Lipinski definition) is 4. The Balaban J connectivity index is 1.66. The van der Waals surface area contributed by atoms with Crippen molar-refractivity contribution in [2.24, 2.45) is 63.9 Å². The van der Waals surface area contributed by atoms with Gasteiger partial charge in [0.05, 0.1) is 18.3 Å². The Morgan fingerprint density at radius 2 is 1.72 bits per heavy atom. The highest BCUT2D eigenvalue weighted by Crippen LogP contribution is 2.69. The summed E-state index contributed by atoms with van der Waals surface area (Å²) < 4.78 is 0. The molecule has 0 aromatic carbocycles. The zero-order valence-electron chi connectivity index (χ0n) is 20.8. The normalized spacial score (nSPS) is 52.4. The van der Waals surface area contributed by atoms with Crippen molar-refractivity contribution in [2.45, 2.75) is 104 Å². The Morgan fingerprint density at radius 1 is 1.03 bits per heavy atom. The van der Waals surface area contributed by atoms with Gasteiger partial charge in [-0.1, -0.05) is 41.0 Å². The van der Waals surface area contributed by atoms with E-state index in [2.05, 4.69) is 27.7 Å². The summed E-state index contributed by atoms with van der Waals surface area (Å²) in [7, 11) is 0. The molecule has 5 N–H and O–H groups in total. The number of aliphatic hydroxyl groups is 3. The summed E-state index contributed by atoms with van der Waals surface area (Å²) in [5.41, 5.74) is 5.41. The van der Waals surface area contributed by atoms with Crippen LogP contribution in [0.4, 0.5) is 0 Å². The third-order valence-electron chi connectivity index (χ3n) is 11.5. The molecule has 4 aliphatic rings. The summed E-state index contributed by atoms with van der Waals surface area (Å²) in [5.74, 6) is 1.65. The SMILES string of the molecule is CC[C@H]1[C@@H](O)C2C3CC[C@H]([C@H](C)C[C@H](C)C(N)=O)[C@@]3(C)[C@@H](O)CC2[C@@]2(C)CC[C@@H](O)C[C@@H]12. The maximum atomic E-state index is 11.8. The third-order valence-corrected chi connectivity index (χ3v) is 11.5. The summed E-state index contributed by atoms with van der Waals surface area (Å²) >= 11 is 0. The van der Waals surface area contributed by atoms with Gasteiger partial charge in [-0.2, -0.15) is 0 Å². The average molecular weight is 450 g/mol. The van der Waals surface area contributed by atoms with Crippen LogP contribution in [0.3, 0.4) is 0 Å². The fourth-order valence-electron chi connectivity index (χ4n) is 9.73. The fraction of sp³-hybridized carbons (Fsp3) is 0.963. The molecular weight excluding hydrogens is 402 g/mol. The maximum absolute atomic E-state index is 11.8. The minimum Gasteiger partial charge on any atom is -0.393 e. The lowest BCUT2D eigenvalue weighted by atomic mass is 9.41. The smallest absolute Gasteiger partial charge is 0.220 e. The summed E-state index contributed by atoms with van der Waals surface area (Å²) in [6.07, 6.45) is 6.18. The van der Waals surface area contributed by atoms with Crippen LogP contribution >= 0.6 is 0 Å². The molecule has 32 heavy (non-hydrogen) atoms. The van der Waals surface area contributed by atoms with Gasteiger partial charge >= 0.3 is 0 Å². The van der Waals surface area contributed by atoms with Crippen LogP contribution in [-0.4, -0.2) is 39.5 Å². The van der Waals surface area contributed by atoms with Crippen LogP contribution in [0.5, 0.6) is 0 Å². The van der Waals surface area contributed by atoms with Gasteiger partial charge in [0.2, 0.25) is 5.91 Å². The predicted octanol–water partition coefficient (Wildman–Crippen LogP) is 3.73. The molecule has 13 atom stereocenters. The van der Waals surface area contributed by atoms with E-state index in [0.29, 0.717) is 29.6 Å². The first kappa shape index (κ1) is 24.5. The number of rotatable bonds is 5. The molecule has 4 aliphatic carbocycles. The van der Waals surface area contributed by atoms with E-state index in [1.807, 2.05) is 6.92 Å². The lowest BCUT2D eigenvalue weighted by molar-refractivity contribution is -0.228. The van der Waals surface area contributed by atoms with E-state index in [4.69, 9.17) is 5.73 Å². The van der Waals surface area contributed by atoms with Gasteiger partial charge in [0.15, 0.2) is 0 Å². The Bertz CT molecular complexity index is 714. The molecule has 0 saturated heterocycles. The molecule has 0 aromatic rings. The van der Waals surface area contributed by atoms with E-state index in [9.17, 15) is 20.1 Å². The van der Waals surface area contributed by atoms with E-state index < -0.39 is 0 Å². The van der Waals surface area contributed by atoms with Crippen LogP contribution in [-0.2, 0) is 4.79 Å². The summed E-state index contributed by atoms with van der Waals surface area (Å²) in [4.78, 5) is 11.7. The van der Waals surface area contributed by atoms with Crippen molar-refractivity contribution in [3.05, 3.63) is 0 Å². The molecule has 5 nitrogen and oxygen atoms in total. The van der Waals surface area contributed by atoms with Crippen molar-refractivity contribution in [1.29, 1.82) is 0 Å². The monoisotopic (exact) mass is 449 g/mol. The highest BCUT2D eigenvalue weighted by atomic mass is 16.3. The lowest BCUT2D eigenvalue weighted by Crippen LogP contribution is -2.65. The van der Waals surface area contributed by atoms with Gasteiger partial charge in [-0.25, -0.2) is 0 Å². The Morgan fingerprint density at radius 3 is 2.34 bits per heavy atom. The summed E-state index contributed by atoms with van der Waals surface area (Å²) in [5, 5.41) is 33.9. The molecule has 4 saturated carbocycles. The van der Waals surface area contributed by atoms with Crippen molar-refractivity contribution < 1.29 is 20.1 Å². The number of fused-ring (bicyclic) bond motifs is 5. The van der Waals surface area contributed by atoms with Crippen molar-refractivity contribution >= 4 is 5.91 Å². The topological polar surface area (TPSA) is 104 Å². The highest BCUT2D eigenvalue weighted by molar-refractivity contribution is 5.76. The van der Waals surface area contributed by atoms with E-state index >= 15 is 0 Å². The van der Waals surface area contributed by atoms with Crippen molar-refractivity contribution in [3.8, 4) is 0 Å². The summed E-state index contributed by atoms with van der Waals surface area (Å²) in [6, 6.07) is 0. The van der Waals surface area contributed by atoms with Crippen LogP contribution in [0, 0.1) is 58.2 Å². The second-order valence-electron chi connectivity index (χ2n) is 12.7. The number of hydrogen-bond acceptors (Lipinski definition) is 4. The first-order valence-electron chi connectivity index (χ1n) is 13.3. The highest BCUT2D eigenvalue weighted by Gasteiger charge is 2.67. The van der Waals surface area contributed by atoms with Crippen molar-refractivity contribution in [1.82, 2.24) is 0 Å². The Labute approximate surface area is 194 Å². The van der Waals surface area contributed by atoms with Gasteiger partial charge in [-0.15, -0.1) is 0 Å². The van der Waals surface area contributed by atoms with Gasteiger partial charge in [-0.3, -0.25) is 4.79 Å². The van der Waals surface area contributed by atoms with Crippen LogP contribution in [0.2, 0.25) is 0 Å². The zero-order valence-corrected chi connectivity index (χ0v) is 20.8. The molecule has 0 spiro atoms. The van der Waals surface area contributed by atoms with Crippen LogP contribution < -0.4 is 5.73 Å². The molecule has 0 aromatic heterocycles. The van der Waals surface area contributed by atoms with Gasteiger partial charge in [0.1, 0.15) is 0 Å². The number of primary amides is 1. The van der Waals surface area contributed by atoms with E-state index in [1.165, 1.54) is 0 Å². The maximum Gasteiger partial charge on any atom is 0.220 e. The van der Waals surface area contributed by atoms with Crippen LogP contribution in [0.1, 0.15) is 86.0 Å². The number of nitrogens with two attached hydrogens (primary N) is 1. The zero-order chi connectivity index (χ0) is 23.6. The molecule has 4 fully saturated rings. The van der Waals surface area contributed by atoms with Gasteiger partial charge < -0.3 is 21.1 Å². The number of carbonyl (C=O) groups excluding carboxylic acids is 1. The first-order chi connectivity index (χ1) is 15.0.